The number of carbonyl (C=O) groups is 3. The van der Waals surface area contributed by atoms with E-state index in [1.54, 1.807) is 11.1 Å². The van der Waals surface area contributed by atoms with Gasteiger partial charge in [-0.25, -0.2) is 0 Å². The zero-order valence-corrected chi connectivity index (χ0v) is 14.9. The van der Waals surface area contributed by atoms with Crippen molar-refractivity contribution in [2.75, 3.05) is 6.54 Å². The second kappa shape index (κ2) is 8.33. The standard InChI is InChI=1S/C18H26N4O4/c23-16(20-14-5-2-1-3-6-14)12-21-11-13(10-19-21)18(26)22-8-4-7-15(22)9-17(24)25/h10-11,14-15H,1-9,12H2,(H,20,23)(H,24,25). The zero-order valence-electron chi connectivity index (χ0n) is 14.9. The molecule has 1 unspecified atom stereocenters. The number of likely N-dealkylation sites (tertiary alicyclic amines) is 1. The van der Waals surface area contributed by atoms with Gasteiger partial charge < -0.3 is 15.3 Å². The maximum absolute atomic E-state index is 12.6. The average molecular weight is 362 g/mol. The molecule has 0 spiro atoms. The number of aromatic nitrogens is 2. The van der Waals surface area contributed by atoms with Gasteiger partial charge in [-0.05, 0) is 25.7 Å². The quantitative estimate of drug-likeness (QED) is 0.796. The van der Waals surface area contributed by atoms with Gasteiger partial charge in [0.1, 0.15) is 6.54 Å². The van der Waals surface area contributed by atoms with E-state index in [2.05, 4.69) is 10.4 Å². The summed E-state index contributed by atoms with van der Waals surface area (Å²) in [7, 11) is 0. The Hall–Kier alpha value is -2.38. The molecule has 0 radical (unpaired) electrons. The Morgan fingerprint density at radius 1 is 1.15 bits per heavy atom. The second-order valence-corrected chi connectivity index (χ2v) is 7.22. The Morgan fingerprint density at radius 3 is 2.65 bits per heavy atom. The second-order valence-electron chi connectivity index (χ2n) is 7.22. The third-order valence-corrected chi connectivity index (χ3v) is 5.20. The summed E-state index contributed by atoms with van der Waals surface area (Å²) in [6.07, 6.45) is 10.1. The van der Waals surface area contributed by atoms with E-state index >= 15 is 0 Å². The van der Waals surface area contributed by atoms with E-state index in [1.165, 1.54) is 17.3 Å². The molecule has 1 saturated carbocycles. The molecule has 2 N–H and O–H groups in total. The first-order valence-corrected chi connectivity index (χ1v) is 9.37. The summed E-state index contributed by atoms with van der Waals surface area (Å²) in [6, 6.07) is -0.0211. The molecule has 8 nitrogen and oxygen atoms in total. The van der Waals surface area contributed by atoms with E-state index in [1.807, 2.05) is 0 Å². The van der Waals surface area contributed by atoms with E-state index in [-0.39, 0.29) is 36.9 Å². The fraction of sp³-hybridized carbons (Fsp3) is 0.667. The Morgan fingerprint density at radius 2 is 1.92 bits per heavy atom. The van der Waals surface area contributed by atoms with E-state index in [9.17, 15) is 14.4 Å². The smallest absolute Gasteiger partial charge is 0.305 e. The van der Waals surface area contributed by atoms with Crippen molar-refractivity contribution >= 4 is 17.8 Å². The van der Waals surface area contributed by atoms with Crippen molar-refractivity contribution in [2.24, 2.45) is 0 Å². The molecule has 2 aliphatic rings. The lowest BCUT2D eigenvalue weighted by atomic mass is 9.95. The Labute approximate surface area is 152 Å². The van der Waals surface area contributed by atoms with Crippen molar-refractivity contribution in [3.05, 3.63) is 18.0 Å². The van der Waals surface area contributed by atoms with Crippen LogP contribution >= 0.6 is 0 Å². The van der Waals surface area contributed by atoms with Crippen LogP contribution in [0.15, 0.2) is 12.4 Å². The average Bonchev–Trinajstić information content (AvgIpc) is 3.24. The molecular formula is C18H26N4O4. The number of hydrogen-bond donors (Lipinski definition) is 2. The van der Waals surface area contributed by atoms with Crippen LogP contribution in [0.2, 0.25) is 0 Å². The lowest BCUT2D eigenvalue weighted by Gasteiger charge is -2.23. The summed E-state index contributed by atoms with van der Waals surface area (Å²) >= 11 is 0. The molecule has 1 aliphatic carbocycles. The topological polar surface area (TPSA) is 105 Å². The molecule has 2 heterocycles. The molecule has 26 heavy (non-hydrogen) atoms. The third kappa shape index (κ3) is 4.62. The van der Waals surface area contributed by atoms with E-state index in [0.717, 1.165) is 32.1 Å². The summed E-state index contributed by atoms with van der Waals surface area (Å²) in [6.45, 7) is 0.645. The van der Waals surface area contributed by atoms with Gasteiger partial charge in [-0.2, -0.15) is 5.10 Å². The predicted octanol–water partition coefficient (Wildman–Crippen LogP) is 1.41. The third-order valence-electron chi connectivity index (χ3n) is 5.20. The molecule has 1 atom stereocenters. The number of carboxylic acid groups (broad SMARTS) is 1. The summed E-state index contributed by atoms with van der Waals surface area (Å²) in [5, 5.41) is 16.1. The molecule has 142 valence electrons. The zero-order chi connectivity index (χ0) is 18.5. The van der Waals surface area contributed by atoms with Crippen molar-refractivity contribution in [3.8, 4) is 0 Å². The summed E-state index contributed by atoms with van der Waals surface area (Å²) in [5.41, 5.74) is 0.396. The van der Waals surface area contributed by atoms with Crippen LogP contribution in [-0.2, 0) is 16.1 Å². The molecule has 1 saturated heterocycles. The van der Waals surface area contributed by atoms with Crippen molar-refractivity contribution in [1.82, 2.24) is 20.0 Å². The van der Waals surface area contributed by atoms with Crippen LogP contribution in [0.25, 0.3) is 0 Å². The van der Waals surface area contributed by atoms with Crippen LogP contribution < -0.4 is 5.32 Å². The van der Waals surface area contributed by atoms with Crippen LogP contribution in [0.3, 0.4) is 0 Å². The molecule has 8 heteroatoms. The molecule has 2 amide bonds. The highest BCUT2D eigenvalue weighted by Gasteiger charge is 2.31. The van der Waals surface area contributed by atoms with Gasteiger partial charge in [-0.3, -0.25) is 19.1 Å². The van der Waals surface area contributed by atoms with Crippen molar-refractivity contribution in [1.29, 1.82) is 0 Å². The number of carboxylic acids is 1. The number of nitrogens with one attached hydrogen (secondary N) is 1. The SMILES string of the molecule is O=C(O)CC1CCCN1C(=O)c1cnn(CC(=O)NC2CCCCC2)c1. The highest BCUT2D eigenvalue weighted by molar-refractivity contribution is 5.94. The Bertz CT molecular complexity index is 666. The molecule has 1 aliphatic heterocycles. The number of hydrogen-bond acceptors (Lipinski definition) is 4. The van der Waals surface area contributed by atoms with E-state index in [0.29, 0.717) is 18.5 Å². The largest absolute Gasteiger partial charge is 0.481 e. The van der Waals surface area contributed by atoms with Crippen LogP contribution in [-0.4, -0.2) is 56.2 Å². The van der Waals surface area contributed by atoms with Gasteiger partial charge >= 0.3 is 5.97 Å². The molecule has 1 aromatic rings. The first-order valence-electron chi connectivity index (χ1n) is 9.37. The molecule has 1 aromatic heterocycles. The van der Waals surface area contributed by atoms with Gasteiger partial charge in [0.05, 0.1) is 18.2 Å². The highest BCUT2D eigenvalue weighted by atomic mass is 16.4. The molecule has 0 bridgehead atoms. The first-order chi connectivity index (χ1) is 12.5. The van der Waals surface area contributed by atoms with Gasteiger partial charge in [-0.1, -0.05) is 19.3 Å². The van der Waals surface area contributed by atoms with Crippen LogP contribution in [0.4, 0.5) is 0 Å². The fourth-order valence-corrected chi connectivity index (χ4v) is 3.91. The minimum Gasteiger partial charge on any atom is -0.481 e. The number of carbonyl (C=O) groups excluding carboxylic acids is 2. The predicted molar refractivity (Wildman–Crippen MR) is 93.6 cm³/mol. The number of rotatable bonds is 6. The van der Waals surface area contributed by atoms with Crippen molar-refractivity contribution in [3.63, 3.8) is 0 Å². The summed E-state index contributed by atoms with van der Waals surface area (Å²) in [5.74, 6) is -1.21. The number of aliphatic carboxylic acids is 1. The number of amides is 2. The molecule has 0 aromatic carbocycles. The Kier molecular flexibility index (Phi) is 5.90. The van der Waals surface area contributed by atoms with E-state index in [4.69, 9.17) is 5.11 Å². The lowest BCUT2D eigenvalue weighted by molar-refractivity contribution is -0.138. The normalized spacial score (nSPS) is 20.9. The first kappa shape index (κ1) is 18.4. The van der Waals surface area contributed by atoms with Gasteiger partial charge in [0.15, 0.2) is 0 Å². The fourth-order valence-electron chi connectivity index (χ4n) is 3.91. The minimum absolute atomic E-state index is 0.0380. The lowest BCUT2D eigenvalue weighted by Crippen LogP contribution is -2.38. The summed E-state index contributed by atoms with van der Waals surface area (Å²) in [4.78, 5) is 37.3. The minimum atomic E-state index is -0.898. The maximum Gasteiger partial charge on any atom is 0.305 e. The van der Waals surface area contributed by atoms with Crippen molar-refractivity contribution in [2.45, 2.75) is 70.0 Å². The summed E-state index contributed by atoms with van der Waals surface area (Å²) < 4.78 is 1.47. The van der Waals surface area contributed by atoms with Crippen LogP contribution in [0, 0.1) is 0 Å². The molecule has 2 fully saturated rings. The number of nitrogens with zero attached hydrogens (tertiary/aromatic N) is 3. The van der Waals surface area contributed by atoms with Gasteiger partial charge in [-0.15, -0.1) is 0 Å². The van der Waals surface area contributed by atoms with Crippen LogP contribution in [0.5, 0.6) is 0 Å². The van der Waals surface area contributed by atoms with E-state index < -0.39 is 5.97 Å². The van der Waals surface area contributed by atoms with Gasteiger partial charge in [0, 0.05) is 24.8 Å². The van der Waals surface area contributed by atoms with Gasteiger partial charge in [0.25, 0.3) is 5.91 Å². The molecular weight excluding hydrogens is 336 g/mol. The highest BCUT2D eigenvalue weighted by Crippen LogP contribution is 2.22. The van der Waals surface area contributed by atoms with Gasteiger partial charge in [0.2, 0.25) is 5.91 Å². The maximum atomic E-state index is 12.6. The molecule has 3 rings (SSSR count). The monoisotopic (exact) mass is 362 g/mol. The van der Waals surface area contributed by atoms with Crippen molar-refractivity contribution < 1.29 is 19.5 Å². The van der Waals surface area contributed by atoms with Crippen LogP contribution in [0.1, 0.15) is 61.7 Å². The Balaban J connectivity index is 1.55.